The molecule has 8 nitrogen and oxygen atoms in total. The van der Waals surface area contributed by atoms with Crippen LogP contribution in [0.5, 0.6) is 0 Å². The van der Waals surface area contributed by atoms with E-state index in [9.17, 15) is 14.7 Å². The van der Waals surface area contributed by atoms with E-state index in [0.29, 0.717) is 37.4 Å². The Kier molecular flexibility index (Phi) is 3.76. The lowest BCUT2D eigenvalue weighted by molar-refractivity contribution is -0.157. The fraction of sp³-hybridized carbons (Fsp3) is 0.556. The third kappa shape index (κ3) is 2.32. The van der Waals surface area contributed by atoms with Crippen LogP contribution in [0.1, 0.15) is 28.2 Å². The summed E-state index contributed by atoms with van der Waals surface area (Å²) in [6.07, 6.45) is 0.438. The number of carboxylic acid groups (broad SMARTS) is 1. The molecular weight excluding hydrogens is 336 g/mol. The van der Waals surface area contributed by atoms with Gasteiger partial charge in [0.05, 0.1) is 28.7 Å². The van der Waals surface area contributed by atoms with Crippen LogP contribution in [0, 0.1) is 25.2 Å². The molecule has 2 atom stereocenters. The molecule has 0 unspecified atom stereocenters. The van der Waals surface area contributed by atoms with Crippen LogP contribution >= 0.6 is 0 Å². The Balaban J connectivity index is 1.75. The summed E-state index contributed by atoms with van der Waals surface area (Å²) in [7, 11) is 1.80. The highest BCUT2D eigenvalue weighted by Gasteiger charge is 2.55. The number of aromatic nitrogens is 3. The minimum atomic E-state index is -0.904. The molecule has 2 aromatic rings. The molecule has 2 aliphatic rings. The number of aliphatic carboxylic acids is 1. The quantitative estimate of drug-likeness (QED) is 0.865. The molecule has 4 rings (SSSR count). The molecule has 4 heterocycles. The number of aryl methyl sites for hydroxylation is 3. The number of carbonyl (C=O) groups is 2. The van der Waals surface area contributed by atoms with E-state index in [2.05, 4.69) is 10.1 Å². The van der Waals surface area contributed by atoms with E-state index >= 15 is 0 Å². The van der Waals surface area contributed by atoms with Crippen LogP contribution in [-0.4, -0.2) is 63.0 Å². The van der Waals surface area contributed by atoms with E-state index < -0.39 is 11.4 Å². The Morgan fingerprint density at radius 1 is 1.38 bits per heavy atom. The second kappa shape index (κ2) is 5.77. The summed E-state index contributed by atoms with van der Waals surface area (Å²) in [5.74, 6) is -1.17. The Morgan fingerprint density at radius 3 is 2.85 bits per heavy atom. The number of pyridine rings is 1. The number of fused-ring (bicyclic) bond motifs is 2. The lowest BCUT2D eigenvalue weighted by Gasteiger charge is -2.33. The Morgan fingerprint density at radius 2 is 2.15 bits per heavy atom. The molecular formula is C18H22N4O4. The van der Waals surface area contributed by atoms with Crippen molar-refractivity contribution in [1.29, 1.82) is 0 Å². The predicted octanol–water partition coefficient (Wildman–Crippen LogP) is 1.15. The molecule has 2 aromatic heterocycles. The van der Waals surface area contributed by atoms with Crippen molar-refractivity contribution in [3.8, 4) is 0 Å². The fourth-order valence-electron chi connectivity index (χ4n) is 4.36. The van der Waals surface area contributed by atoms with E-state index in [1.54, 1.807) is 22.7 Å². The molecule has 1 amide bonds. The first-order valence-corrected chi connectivity index (χ1v) is 8.75. The van der Waals surface area contributed by atoms with Crippen LogP contribution in [0.4, 0.5) is 0 Å². The molecule has 0 saturated carbocycles. The first-order chi connectivity index (χ1) is 12.3. The molecule has 8 heteroatoms. The van der Waals surface area contributed by atoms with Gasteiger partial charge in [-0.2, -0.15) is 5.10 Å². The molecule has 0 radical (unpaired) electrons. The molecule has 0 aromatic carbocycles. The van der Waals surface area contributed by atoms with E-state index in [-0.39, 0.29) is 18.4 Å². The monoisotopic (exact) mass is 358 g/mol. The summed E-state index contributed by atoms with van der Waals surface area (Å²) in [6.45, 7) is 5.12. The van der Waals surface area contributed by atoms with Crippen LogP contribution in [0.2, 0.25) is 0 Å². The number of carboxylic acids is 1. The molecule has 26 heavy (non-hydrogen) atoms. The number of rotatable bonds is 2. The van der Waals surface area contributed by atoms with Gasteiger partial charge >= 0.3 is 5.97 Å². The zero-order valence-electron chi connectivity index (χ0n) is 15.2. The maximum atomic E-state index is 13.3. The number of amides is 1. The number of hydrogen-bond acceptors (Lipinski definition) is 5. The molecule has 0 bridgehead atoms. The Hall–Kier alpha value is -2.48. The van der Waals surface area contributed by atoms with Gasteiger partial charge in [-0.1, -0.05) is 0 Å². The molecule has 0 spiro atoms. The van der Waals surface area contributed by atoms with E-state index in [1.807, 2.05) is 13.8 Å². The van der Waals surface area contributed by atoms with Gasteiger partial charge in [0.25, 0.3) is 5.91 Å². The highest BCUT2D eigenvalue weighted by atomic mass is 16.5. The lowest BCUT2D eigenvalue weighted by Crippen LogP contribution is -2.45. The summed E-state index contributed by atoms with van der Waals surface area (Å²) >= 11 is 0. The third-order valence-electron chi connectivity index (χ3n) is 5.75. The number of nitrogens with zero attached hydrogens (tertiary/aromatic N) is 4. The maximum absolute atomic E-state index is 13.3. The van der Waals surface area contributed by atoms with Crippen molar-refractivity contribution in [3.63, 3.8) is 0 Å². The van der Waals surface area contributed by atoms with Gasteiger partial charge in [-0.3, -0.25) is 14.3 Å². The first kappa shape index (κ1) is 17.0. The van der Waals surface area contributed by atoms with Gasteiger partial charge in [0.15, 0.2) is 5.65 Å². The van der Waals surface area contributed by atoms with Crippen molar-refractivity contribution in [3.05, 3.63) is 23.0 Å². The molecule has 0 aliphatic carbocycles. The van der Waals surface area contributed by atoms with Crippen LogP contribution in [-0.2, 0) is 16.6 Å². The Labute approximate surface area is 150 Å². The largest absolute Gasteiger partial charge is 0.481 e. The summed E-state index contributed by atoms with van der Waals surface area (Å²) < 4.78 is 7.15. The maximum Gasteiger partial charge on any atom is 0.311 e. The Bertz CT molecular complexity index is 922. The summed E-state index contributed by atoms with van der Waals surface area (Å²) in [4.78, 5) is 31.4. The van der Waals surface area contributed by atoms with Gasteiger partial charge in [-0.25, -0.2) is 4.98 Å². The van der Waals surface area contributed by atoms with Crippen LogP contribution < -0.4 is 0 Å². The van der Waals surface area contributed by atoms with Crippen LogP contribution in [0.15, 0.2) is 6.07 Å². The third-order valence-corrected chi connectivity index (χ3v) is 5.75. The topological polar surface area (TPSA) is 97.5 Å². The predicted molar refractivity (Wildman–Crippen MR) is 92.9 cm³/mol. The number of carbonyl (C=O) groups excluding carboxylic acids is 1. The molecule has 2 fully saturated rings. The average molecular weight is 358 g/mol. The summed E-state index contributed by atoms with van der Waals surface area (Å²) in [5, 5.41) is 14.9. The highest BCUT2D eigenvalue weighted by Crippen LogP contribution is 2.43. The van der Waals surface area contributed by atoms with Crippen LogP contribution in [0.3, 0.4) is 0 Å². The van der Waals surface area contributed by atoms with Gasteiger partial charge in [-0.15, -0.1) is 0 Å². The van der Waals surface area contributed by atoms with Gasteiger partial charge in [-0.05, 0) is 26.3 Å². The van der Waals surface area contributed by atoms with Gasteiger partial charge in [0, 0.05) is 38.4 Å². The fourth-order valence-corrected chi connectivity index (χ4v) is 4.36. The van der Waals surface area contributed by atoms with Crippen molar-refractivity contribution in [2.24, 2.45) is 18.4 Å². The SMILES string of the molecule is Cc1cc(C(=O)N2C[C@H]3COCC[C@@]3(C(=O)O)C2)c2c(C)nn(C)c2n1. The lowest BCUT2D eigenvalue weighted by atomic mass is 9.74. The number of likely N-dealkylation sites (tertiary alicyclic amines) is 1. The van der Waals surface area contributed by atoms with Crippen molar-refractivity contribution in [2.75, 3.05) is 26.3 Å². The van der Waals surface area contributed by atoms with E-state index in [0.717, 1.165) is 16.8 Å². The smallest absolute Gasteiger partial charge is 0.311 e. The first-order valence-electron chi connectivity index (χ1n) is 8.75. The second-order valence-corrected chi connectivity index (χ2v) is 7.39. The van der Waals surface area contributed by atoms with Crippen molar-refractivity contribution >= 4 is 22.9 Å². The highest BCUT2D eigenvalue weighted by molar-refractivity contribution is 6.07. The molecule has 138 valence electrons. The minimum absolute atomic E-state index is 0.161. The molecule has 2 aliphatic heterocycles. The average Bonchev–Trinajstić information content (AvgIpc) is 3.13. The van der Waals surface area contributed by atoms with Crippen molar-refractivity contribution in [1.82, 2.24) is 19.7 Å². The zero-order chi connectivity index (χ0) is 18.6. The number of hydrogen-bond donors (Lipinski definition) is 1. The number of ether oxygens (including phenoxy) is 1. The van der Waals surface area contributed by atoms with Gasteiger partial charge < -0.3 is 14.7 Å². The van der Waals surface area contributed by atoms with Crippen LogP contribution in [0.25, 0.3) is 11.0 Å². The summed E-state index contributed by atoms with van der Waals surface area (Å²) in [6, 6.07) is 1.77. The van der Waals surface area contributed by atoms with E-state index in [4.69, 9.17) is 4.74 Å². The molecule has 1 N–H and O–H groups in total. The van der Waals surface area contributed by atoms with Crippen molar-refractivity contribution in [2.45, 2.75) is 20.3 Å². The van der Waals surface area contributed by atoms with Crippen molar-refractivity contribution < 1.29 is 19.4 Å². The standard InChI is InChI=1S/C18H22N4O4/c1-10-6-13(14-11(2)20-21(3)15(14)19-10)16(23)22-7-12-8-26-5-4-18(12,9-22)17(24)25/h6,12H,4-5,7-9H2,1-3H3,(H,24,25)/t12-,18+/m0/s1. The van der Waals surface area contributed by atoms with E-state index in [1.165, 1.54) is 0 Å². The zero-order valence-corrected chi connectivity index (χ0v) is 15.2. The van der Waals surface area contributed by atoms with Gasteiger partial charge in [0.2, 0.25) is 0 Å². The van der Waals surface area contributed by atoms with Gasteiger partial charge in [0.1, 0.15) is 0 Å². The summed E-state index contributed by atoms with van der Waals surface area (Å²) in [5.41, 5.74) is 1.78. The second-order valence-electron chi connectivity index (χ2n) is 7.39. The normalized spacial score (nSPS) is 25.5. The molecule has 2 saturated heterocycles. The minimum Gasteiger partial charge on any atom is -0.481 e.